The van der Waals surface area contributed by atoms with Gasteiger partial charge in [0.1, 0.15) is 0 Å². The van der Waals surface area contributed by atoms with E-state index >= 15 is 0 Å². The zero-order valence-corrected chi connectivity index (χ0v) is 13.5. The second-order valence-electron chi connectivity index (χ2n) is 4.99. The van der Waals surface area contributed by atoms with Crippen molar-refractivity contribution in [1.82, 2.24) is 0 Å². The highest BCUT2D eigenvalue weighted by Crippen LogP contribution is 2.21. The van der Waals surface area contributed by atoms with Gasteiger partial charge in [-0.1, -0.05) is 0 Å². The average Bonchev–Trinajstić information content (AvgIpc) is 2.19. The number of halogens is 2. The van der Waals surface area contributed by atoms with Gasteiger partial charge in [-0.05, 0) is 40.5 Å². The van der Waals surface area contributed by atoms with E-state index in [0.29, 0.717) is 0 Å². The Bertz CT molecular complexity index is 451. The smallest absolute Gasteiger partial charge is 0.268 e. The molecule has 0 spiro atoms. The number of hydrogen-bond acceptors (Lipinski definition) is 6. The lowest BCUT2D eigenvalue weighted by molar-refractivity contribution is 0.220. The van der Waals surface area contributed by atoms with Gasteiger partial charge in [0.2, 0.25) is 10.0 Å². The van der Waals surface area contributed by atoms with E-state index in [1.54, 1.807) is 0 Å². The molecule has 0 amide bonds. The Hall–Kier alpha value is -0.320. The fourth-order valence-electron chi connectivity index (χ4n) is 0.822. The summed E-state index contributed by atoms with van der Waals surface area (Å²) >= 11 is 0. The lowest BCUT2D eigenvalue weighted by Gasteiger charge is -2.15. The summed E-state index contributed by atoms with van der Waals surface area (Å²) in [6.45, 7) is 2.78. The maximum absolute atomic E-state index is 13.2. The van der Waals surface area contributed by atoms with E-state index in [1.807, 2.05) is 0 Å². The van der Waals surface area contributed by atoms with Crippen LogP contribution in [-0.2, 0) is 28.6 Å². The molecule has 122 valence electrons. The van der Waals surface area contributed by atoms with Gasteiger partial charge in [-0.15, -0.1) is 0 Å². The van der Waals surface area contributed by atoms with Crippen LogP contribution in [0.4, 0.5) is 8.78 Å². The molecule has 20 heavy (non-hydrogen) atoms. The van der Waals surface area contributed by atoms with Crippen molar-refractivity contribution in [2.24, 2.45) is 0 Å². The third-order valence-corrected chi connectivity index (χ3v) is 5.54. The van der Waals surface area contributed by atoms with Crippen molar-refractivity contribution in [3.8, 4) is 0 Å². The molecular formula is C10H20F2O6S2. The van der Waals surface area contributed by atoms with Gasteiger partial charge in [-0.3, -0.25) is 8.37 Å². The highest BCUT2D eigenvalue weighted by molar-refractivity contribution is 7.88. The van der Waals surface area contributed by atoms with Crippen LogP contribution in [0.1, 0.15) is 40.5 Å². The summed E-state index contributed by atoms with van der Waals surface area (Å²) in [4.78, 5) is 0. The zero-order valence-electron chi connectivity index (χ0n) is 11.9. The molecule has 0 aliphatic carbocycles. The van der Waals surface area contributed by atoms with Crippen molar-refractivity contribution >= 4 is 20.2 Å². The highest BCUT2D eigenvalue weighted by Gasteiger charge is 2.36. The number of hydrogen-bond donors (Lipinski definition) is 0. The molecule has 0 aliphatic rings. The average molecular weight is 338 g/mol. The van der Waals surface area contributed by atoms with Crippen LogP contribution < -0.4 is 0 Å². The Morgan fingerprint density at radius 1 is 0.750 bits per heavy atom. The number of unbranched alkanes of at least 4 members (excludes halogenated alkanes) is 1. The maximum atomic E-state index is 13.2. The molecule has 0 rings (SSSR count). The Morgan fingerprint density at radius 3 is 1.20 bits per heavy atom. The minimum atomic E-state index is -4.32. The summed E-state index contributed by atoms with van der Waals surface area (Å²) in [5, 5.41) is -5.02. The fourth-order valence-corrected chi connectivity index (χ4v) is 2.06. The Labute approximate surface area is 118 Å². The normalized spacial score (nSPS) is 14.5. The van der Waals surface area contributed by atoms with Crippen molar-refractivity contribution < 1.29 is 34.0 Å². The summed E-state index contributed by atoms with van der Waals surface area (Å²) in [5.41, 5.74) is 0. The summed E-state index contributed by atoms with van der Waals surface area (Å²) in [7, 11) is -8.64. The van der Waals surface area contributed by atoms with Crippen LogP contribution in [0.25, 0.3) is 0 Å². The Morgan fingerprint density at radius 2 is 1.00 bits per heavy atom. The first kappa shape index (κ1) is 19.7. The molecule has 0 bridgehead atoms. The van der Waals surface area contributed by atoms with E-state index in [0.717, 1.165) is 27.7 Å². The Kier molecular flexibility index (Phi) is 6.52. The number of rotatable bonds is 9. The van der Waals surface area contributed by atoms with Crippen LogP contribution in [-0.4, -0.2) is 40.1 Å². The first-order valence-corrected chi connectivity index (χ1v) is 8.68. The topological polar surface area (TPSA) is 86.7 Å². The molecule has 0 atom stereocenters. The molecule has 0 radical (unpaired) electrons. The van der Waals surface area contributed by atoms with Gasteiger partial charge in [-0.25, -0.2) is 8.78 Å². The molecule has 0 saturated carbocycles. The highest BCUT2D eigenvalue weighted by atomic mass is 32.2. The molecular weight excluding hydrogens is 318 g/mol. The molecule has 0 saturated heterocycles. The first-order valence-electron chi connectivity index (χ1n) is 5.86. The van der Waals surface area contributed by atoms with Crippen LogP contribution in [0.3, 0.4) is 0 Å². The molecule has 0 aliphatic heterocycles. The van der Waals surface area contributed by atoms with Gasteiger partial charge in [0.05, 0.1) is 13.2 Å². The van der Waals surface area contributed by atoms with Crippen LogP contribution in [0, 0.1) is 0 Å². The van der Waals surface area contributed by atoms with Crippen molar-refractivity contribution in [1.29, 1.82) is 0 Å². The van der Waals surface area contributed by atoms with Crippen molar-refractivity contribution in [2.75, 3.05) is 13.2 Å². The summed E-state index contributed by atoms with van der Waals surface area (Å²) in [6, 6.07) is 0. The zero-order chi connectivity index (χ0) is 16.2. The quantitative estimate of drug-likeness (QED) is 0.471. The van der Waals surface area contributed by atoms with Crippen molar-refractivity contribution in [2.45, 2.75) is 50.5 Å². The van der Waals surface area contributed by atoms with Gasteiger partial charge in [-0.2, -0.15) is 16.8 Å². The Balaban J connectivity index is 4.03. The van der Waals surface area contributed by atoms with Gasteiger partial charge in [0, 0.05) is 0 Å². The van der Waals surface area contributed by atoms with Crippen molar-refractivity contribution in [3.63, 3.8) is 0 Å². The standard InChI is InChI=1S/C10H20F2O6S2/c1-9(2,11)19(13,14)17-7-5-6-8-18-20(15,16)10(3,4)12/h5-8H2,1-4H3. The first-order chi connectivity index (χ1) is 8.71. The third kappa shape index (κ3) is 5.98. The molecule has 0 N–H and O–H groups in total. The van der Waals surface area contributed by atoms with Crippen LogP contribution in [0.15, 0.2) is 0 Å². The largest absolute Gasteiger partial charge is 0.302 e. The third-order valence-electron chi connectivity index (χ3n) is 2.20. The van der Waals surface area contributed by atoms with Gasteiger partial charge in [0.15, 0.2) is 0 Å². The van der Waals surface area contributed by atoms with Gasteiger partial charge < -0.3 is 0 Å². The second-order valence-corrected chi connectivity index (χ2v) is 9.22. The second kappa shape index (κ2) is 6.63. The van der Waals surface area contributed by atoms with E-state index in [2.05, 4.69) is 8.37 Å². The van der Waals surface area contributed by atoms with Gasteiger partial charge >= 0.3 is 20.2 Å². The fraction of sp³-hybridized carbons (Fsp3) is 1.00. The van der Waals surface area contributed by atoms with Crippen LogP contribution in [0.2, 0.25) is 0 Å². The number of alkyl halides is 2. The molecule has 0 aromatic rings. The maximum Gasteiger partial charge on any atom is 0.302 e. The van der Waals surface area contributed by atoms with E-state index in [4.69, 9.17) is 0 Å². The lowest BCUT2D eigenvalue weighted by atomic mass is 10.3. The van der Waals surface area contributed by atoms with E-state index in [9.17, 15) is 25.6 Å². The van der Waals surface area contributed by atoms with E-state index < -0.39 is 30.2 Å². The molecule has 0 fully saturated rings. The summed E-state index contributed by atoms with van der Waals surface area (Å²) < 4.78 is 80.0. The van der Waals surface area contributed by atoms with Crippen molar-refractivity contribution in [3.05, 3.63) is 0 Å². The molecule has 0 aromatic heterocycles. The minimum Gasteiger partial charge on any atom is -0.268 e. The monoisotopic (exact) mass is 338 g/mol. The minimum absolute atomic E-state index is 0.123. The predicted octanol–water partition coefficient (Wildman–Crippen LogP) is 1.87. The predicted molar refractivity (Wildman–Crippen MR) is 69.4 cm³/mol. The summed E-state index contributed by atoms with van der Waals surface area (Å²) in [5.74, 6) is 0. The molecule has 10 heteroatoms. The molecule has 0 unspecified atom stereocenters. The molecule has 0 aromatic carbocycles. The molecule has 6 nitrogen and oxygen atoms in total. The van der Waals surface area contributed by atoms with E-state index in [1.165, 1.54) is 0 Å². The van der Waals surface area contributed by atoms with E-state index in [-0.39, 0.29) is 26.1 Å². The molecule has 0 heterocycles. The lowest BCUT2D eigenvalue weighted by Crippen LogP contribution is -2.29. The SMILES string of the molecule is CC(C)(F)S(=O)(=O)OCCCCOS(=O)(=O)C(C)(C)F. The summed E-state index contributed by atoms with van der Waals surface area (Å²) in [6.07, 6.45) is 0.245. The van der Waals surface area contributed by atoms with Crippen LogP contribution >= 0.6 is 0 Å². The van der Waals surface area contributed by atoms with Gasteiger partial charge in [0.25, 0.3) is 0 Å². The van der Waals surface area contributed by atoms with Crippen LogP contribution in [0.5, 0.6) is 0 Å².